The number of furan rings is 1. The number of halogens is 3. The molecule has 0 spiro atoms. The molecule has 1 aliphatic heterocycles. The van der Waals surface area contributed by atoms with Crippen LogP contribution in [-0.2, 0) is 22.8 Å². The third-order valence-electron chi connectivity index (χ3n) is 4.04. The first kappa shape index (κ1) is 18.5. The van der Waals surface area contributed by atoms with Gasteiger partial charge in [0, 0.05) is 42.9 Å². The van der Waals surface area contributed by atoms with Gasteiger partial charge in [0.05, 0.1) is 19.8 Å². The van der Waals surface area contributed by atoms with Crippen molar-refractivity contribution in [2.24, 2.45) is 0 Å². The lowest BCUT2D eigenvalue weighted by molar-refractivity contribution is 0.500. The molecule has 0 atom stereocenters. The van der Waals surface area contributed by atoms with Crippen molar-refractivity contribution in [1.82, 2.24) is 10.3 Å². The van der Waals surface area contributed by atoms with Gasteiger partial charge in [0.2, 0.25) is 9.84 Å². The molecule has 0 saturated carbocycles. The summed E-state index contributed by atoms with van der Waals surface area (Å²) >= 11 is 12.2. The van der Waals surface area contributed by atoms with Crippen LogP contribution in [0.3, 0.4) is 0 Å². The van der Waals surface area contributed by atoms with Crippen molar-refractivity contribution < 1.29 is 12.8 Å². The maximum atomic E-state index is 12.9. The molecule has 5 nitrogen and oxygen atoms in total. The van der Waals surface area contributed by atoms with Gasteiger partial charge >= 0.3 is 0 Å². The van der Waals surface area contributed by atoms with E-state index in [4.69, 9.17) is 27.6 Å². The van der Waals surface area contributed by atoms with Crippen molar-refractivity contribution in [3.05, 3.63) is 52.0 Å². The summed E-state index contributed by atoms with van der Waals surface area (Å²) in [6.45, 7) is 1.45. The van der Waals surface area contributed by atoms with E-state index in [0.717, 1.165) is 29.7 Å². The molecule has 0 saturated heterocycles. The van der Waals surface area contributed by atoms with Crippen molar-refractivity contribution in [1.29, 1.82) is 0 Å². The molecule has 2 aromatic heterocycles. The second kappa shape index (κ2) is 6.78. The Kier molecular flexibility index (Phi) is 5.01. The number of hydrogen-bond donors (Lipinski definition) is 1. The van der Waals surface area contributed by atoms with Crippen LogP contribution >= 0.6 is 35.6 Å². The Balaban J connectivity index is 0.00000182. The van der Waals surface area contributed by atoms with Crippen LogP contribution in [0.15, 0.2) is 44.8 Å². The van der Waals surface area contributed by atoms with Gasteiger partial charge in [0.15, 0.2) is 5.58 Å². The highest BCUT2D eigenvalue weighted by Crippen LogP contribution is 2.36. The van der Waals surface area contributed by atoms with E-state index in [1.165, 1.54) is 24.5 Å². The number of hydrogen-bond acceptors (Lipinski definition) is 5. The average molecular weight is 420 g/mol. The summed E-state index contributed by atoms with van der Waals surface area (Å²) in [4.78, 5) is 3.97. The molecule has 0 fully saturated rings. The number of nitrogens with zero attached hydrogens (tertiary/aromatic N) is 1. The number of sulfone groups is 1. The maximum Gasteiger partial charge on any atom is 0.208 e. The van der Waals surface area contributed by atoms with Gasteiger partial charge in [-0.3, -0.25) is 4.98 Å². The van der Waals surface area contributed by atoms with Crippen LogP contribution in [0.4, 0.5) is 0 Å². The second-order valence-corrected chi connectivity index (χ2v) is 8.35. The quantitative estimate of drug-likeness (QED) is 0.679. The molecule has 9 heteroatoms. The van der Waals surface area contributed by atoms with Gasteiger partial charge in [-0.05, 0) is 18.2 Å². The van der Waals surface area contributed by atoms with E-state index in [1.807, 2.05) is 0 Å². The molecule has 0 bridgehead atoms. The third-order valence-corrected chi connectivity index (χ3v) is 6.22. The fourth-order valence-electron chi connectivity index (χ4n) is 2.87. The molecule has 1 N–H and O–H groups in total. The average Bonchev–Trinajstić information content (AvgIpc) is 2.94. The summed E-state index contributed by atoms with van der Waals surface area (Å²) in [5, 5.41) is 4.51. The largest absolute Gasteiger partial charge is 0.459 e. The zero-order valence-corrected chi connectivity index (χ0v) is 15.9. The number of nitrogens with one attached hydrogen (secondary N) is 1. The van der Waals surface area contributed by atoms with Gasteiger partial charge < -0.3 is 9.73 Å². The Morgan fingerprint density at radius 1 is 1.12 bits per heavy atom. The standard InChI is InChI=1S/C16H12Cl2N2O3S.ClH/c17-9-3-11(7-20-6-9)24(21,22)10-4-12-13-8-19-2-1-15(13)23-16(12)14(18)5-10;/h3-7,19H,1-2,8H2;1H. The first-order chi connectivity index (χ1) is 11.5. The lowest BCUT2D eigenvalue weighted by Gasteiger charge is -2.11. The summed E-state index contributed by atoms with van der Waals surface area (Å²) in [5.74, 6) is 0.852. The zero-order chi connectivity index (χ0) is 16.9. The topological polar surface area (TPSA) is 72.2 Å². The summed E-state index contributed by atoms with van der Waals surface area (Å²) in [5.41, 5.74) is 1.48. The summed E-state index contributed by atoms with van der Waals surface area (Å²) in [6, 6.07) is 4.38. The minimum absolute atomic E-state index is 0. The first-order valence-corrected chi connectivity index (χ1v) is 9.51. The molecule has 1 aromatic carbocycles. The Bertz CT molecular complexity index is 1060. The van der Waals surface area contributed by atoms with E-state index in [-0.39, 0.29) is 32.2 Å². The molecular weight excluding hydrogens is 407 g/mol. The van der Waals surface area contributed by atoms with Crippen molar-refractivity contribution in [2.75, 3.05) is 6.54 Å². The smallest absolute Gasteiger partial charge is 0.208 e. The van der Waals surface area contributed by atoms with Gasteiger partial charge in [-0.2, -0.15) is 0 Å². The number of pyridine rings is 1. The van der Waals surface area contributed by atoms with E-state index in [1.54, 1.807) is 6.07 Å². The zero-order valence-electron chi connectivity index (χ0n) is 12.8. The van der Waals surface area contributed by atoms with Crippen LogP contribution in [0.25, 0.3) is 11.0 Å². The lowest BCUT2D eigenvalue weighted by atomic mass is 10.1. The van der Waals surface area contributed by atoms with Crippen molar-refractivity contribution in [2.45, 2.75) is 22.8 Å². The minimum atomic E-state index is -3.77. The van der Waals surface area contributed by atoms with Crippen molar-refractivity contribution >= 4 is 56.4 Å². The fourth-order valence-corrected chi connectivity index (χ4v) is 4.73. The Morgan fingerprint density at radius 3 is 2.68 bits per heavy atom. The first-order valence-electron chi connectivity index (χ1n) is 7.27. The molecule has 3 heterocycles. The van der Waals surface area contributed by atoms with E-state index < -0.39 is 9.84 Å². The number of fused-ring (bicyclic) bond motifs is 3. The molecule has 25 heavy (non-hydrogen) atoms. The predicted molar refractivity (Wildman–Crippen MR) is 98.6 cm³/mol. The van der Waals surface area contributed by atoms with E-state index in [9.17, 15) is 8.42 Å². The molecule has 4 rings (SSSR count). The summed E-state index contributed by atoms with van der Waals surface area (Å²) < 4.78 is 31.6. The van der Waals surface area contributed by atoms with Gasteiger partial charge in [0.1, 0.15) is 5.76 Å². The predicted octanol–water partition coefficient (Wildman–Crippen LogP) is 4.03. The van der Waals surface area contributed by atoms with Gasteiger partial charge in [-0.25, -0.2) is 8.42 Å². The van der Waals surface area contributed by atoms with Crippen LogP contribution in [0.5, 0.6) is 0 Å². The van der Waals surface area contributed by atoms with Crippen molar-refractivity contribution in [3.8, 4) is 0 Å². The van der Waals surface area contributed by atoms with Crippen LogP contribution in [0.1, 0.15) is 11.3 Å². The fraction of sp³-hybridized carbons (Fsp3) is 0.188. The van der Waals surface area contributed by atoms with E-state index in [2.05, 4.69) is 10.3 Å². The maximum absolute atomic E-state index is 12.9. The van der Waals surface area contributed by atoms with Crippen molar-refractivity contribution in [3.63, 3.8) is 0 Å². The molecule has 0 aliphatic carbocycles. The van der Waals surface area contributed by atoms with E-state index in [0.29, 0.717) is 12.1 Å². The molecule has 1 aliphatic rings. The van der Waals surface area contributed by atoms with Gasteiger partial charge in [-0.1, -0.05) is 23.2 Å². The van der Waals surface area contributed by atoms with Crippen LogP contribution in [0, 0.1) is 0 Å². The molecule has 0 amide bonds. The van der Waals surface area contributed by atoms with Gasteiger partial charge in [-0.15, -0.1) is 12.4 Å². The Labute approximate surface area is 160 Å². The number of rotatable bonds is 2. The van der Waals surface area contributed by atoms with Crippen LogP contribution in [-0.4, -0.2) is 19.9 Å². The lowest BCUT2D eigenvalue weighted by Crippen LogP contribution is -2.22. The molecule has 0 unspecified atom stereocenters. The second-order valence-electron chi connectivity index (χ2n) is 5.55. The van der Waals surface area contributed by atoms with Crippen LogP contribution in [0.2, 0.25) is 10.0 Å². The molecule has 3 aromatic rings. The minimum Gasteiger partial charge on any atom is -0.459 e. The summed E-state index contributed by atoms with van der Waals surface area (Å²) in [7, 11) is -3.77. The number of benzene rings is 1. The highest BCUT2D eigenvalue weighted by atomic mass is 35.5. The molecular formula is C16H13Cl3N2O3S. The van der Waals surface area contributed by atoms with Crippen LogP contribution < -0.4 is 5.32 Å². The molecule has 0 radical (unpaired) electrons. The Hall–Kier alpha value is -1.31. The SMILES string of the molecule is Cl.O=S(=O)(c1cncc(Cl)c1)c1cc(Cl)c2oc3c(c2c1)CNCC3. The monoisotopic (exact) mass is 418 g/mol. The van der Waals surface area contributed by atoms with E-state index >= 15 is 0 Å². The highest BCUT2D eigenvalue weighted by molar-refractivity contribution is 7.91. The normalized spacial score (nSPS) is 14.2. The third kappa shape index (κ3) is 3.13. The molecule has 132 valence electrons. The highest BCUT2D eigenvalue weighted by Gasteiger charge is 2.24. The number of aromatic nitrogens is 1. The summed E-state index contributed by atoms with van der Waals surface area (Å²) in [6.07, 6.45) is 3.40. The van der Waals surface area contributed by atoms with Gasteiger partial charge in [0.25, 0.3) is 0 Å². The Morgan fingerprint density at radius 2 is 1.92 bits per heavy atom.